The van der Waals surface area contributed by atoms with Crippen LogP contribution in [-0.2, 0) is 9.59 Å². The number of ether oxygens (including phenoxy) is 1. The molecule has 1 atom stereocenters. The van der Waals surface area contributed by atoms with Crippen LogP contribution >= 0.6 is 11.8 Å². The van der Waals surface area contributed by atoms with Gasteiger partial charge in [0.2, 0.25) is 5.91 Å². The van der Waals surface area contributed by atoms with E-state index in [1.165, 1.54) is 0 Å². The van der Waals surface area contributed by atoms with Gasteiger partial charge in [0.25, 0.3) is 0 Å². The molecular formula is C18H24N4O4S. The van der Waals surface area contributed by atoms with Crippen LogP contribution in [0.3, 0.4) is 0 Å². The lowest BCUT2D eigenvalue weighted by atomic mass is 10.2. The molecule has 1 aliphatic heterocycles. The number of anilines is 1. The maximum absolute atomic E-state index is 11.7. The Morgan fingerprint density at radius 2 is 2.11 bits per heavy atom. The molecule has 0 spiro atoms. The smallest absolute Gasteiger partial charge is 0.305 e. The minimum absolute atomic E-state index is 0.249. The van der Waals surface area contributed by atoms with Crippen LogP contribution in [0.15, 0.2) is 28.4 Å². The second kappa shape index (κ2) is 9.96. The average Bonchev–Trinajstić information content (AvgIpc) is 2.97. The van der Waals surface area contributed by atoms with Crippen molar-refractivity contribution in [2.75, 3.05) is 24.6 Å². The zero-order valence-corrected chi connectivity index (χ0v) is 16.5. The van der Waals surface area contributed by atoms with Crippen LogP contribution in [-0.4, -0.2) is 53.3 Å². The molecule has 27 heavy (non-hydrogen) atoms. The number of carbonyl (C=O) groups excluding carboxylic acids is 1. The zero-order valence-electron chi connectivity index (χ0n) is 15.6. The average molecular weight is 392 g/mol. The molecule has 1 fully saturated rings. The van der Waals surface area contributed by atoms with Crippen LogP contribution < -0.4 is 15.0 Å². The van der Waals surface area contributed by atoms with Crippen molar-refractivity contribution in [1.82, 2.24) is 5.32 Å². The van der Waals surface area contributed by atoms with Crippen LogP contribution in [0.1, 0.15) is 32.8 Å². The number of carboxylic acid groups (broad SMARTS) is 1. The number of thioether (sulfide) groups is 1. The van der Waals surface area contributed by atoms with Gasteiger partial charge in [0.05, 0.1) is 19.2 Å². The van der Waals surface area contributed by atoms with Gasteiger partial charge < -0.3 is 20.1 Å². The van der Waals surface area contributed by atoms with Gasteiger partial charge in [-0.25, -0.2) is 0 Å². The molecule has 0 bridgehead atoms. The molecule has 0 aromatic heterocycles. The molecule has 2 rings (SSSR count). The SMILES string of the molecule is CCOc1cc(N(CC)CC)ccc1C=NN=C1NC(=O)C(CC(=O)O)S1. The summed E-state index contributed by atoms with van der Waals surface area (Å²) in [5, 5.41) is 18.9. The molecule has 8 nitrogen and oxygen atoms in total. The molecule has 146 valence electrons. The number of amides is 1. The van der Waals surface area contributed by atoms with Crippen LogP contribution in [0.2, 0.25) is 0 Å². The summed E-state index contributed by atoms with van der Waals surface area (Å²) in [7, 11) is 0. The summed E-state index contributed by atoms with van der Waals surface area (Å²) < 4.78 is 5.71. The summed E-state index contributed by atoms with van der Waals surface area (Å²) in [6, 6.07) is 5.88. The van der Waals surface area contributed by atoms with E-state index in [-0.39, 0.29) is 12.3 Å². The Morgan fingerprint density at radius 1 is 1.37 bits per heavy atom. The van der Waals surface area contributed by atoms with E-state index in [4.69, 9.17) is 9.84 Å². The van der Waals surface area contributed by atoms with Gasteiger partial charge in [-0.3, -0.25) is 9.59 Å². The lowest BCUT2D eigenvalue weighted by Gasteiger charge is -2.22. The third-order valence-electron chi connectivity index (χ3n) is 3.91. The van der Waals surface area contributed by atoms with E-state index in [2.05, 4.69) is 34.3 Å². The second-order valence-corrected chi connectivity index (χ2v) is 6.86. The molecule has 1 aromatic rings. The molecule has 0 aliphatic carbocycles. The summed E-state index contributed by atoms with van der Waals surface area (Å²) in [5.74, 6) is -0.685. The Labute approximate surface area is 162 Å². The van der Waals surface area contributed by atoms with Crippen LogP contribution in [0, 0.1) is 0 Å². The maximum atomic E-state index is 11.7. The lowest BCUT2D eigenvalue weighted by Crippen LogP contribution is -2.26. The number of hydrogen-bond acceptors (Lipinski definition) is 7. The predicted octanol–water partition coefficient (Wildman–Crippen LogP) is 2.33. The molecule has 1 unspecified atom stereocenters. The summed E-state index contributed by atoms with van der Waals surface area (Å²) >= 11 is 1.07. The summed E-state index contributed by atoms with van der Waals surface area (Å²) in [6.45, 7) is 8.44. The van der Waals surface area contributed by atoms with Crippen molar-refractivity contribution >= 4 is 40.7 Å². The summed E-state index contributed by atoms with van der Waals surface area (Å²) in [6.07, 6.45) is 1.31. The Bertz CT molecular complexity index is 747. The number of hydrogen-bond donors (Lipinski definition) is 2. The van der Waals surface area contributed by atoms with E-state index in [0.29, 0.717) is 17.5 Å². The first kappa shape index (κ1) is 20.8. The van der Waals surface area contributed by atoms with Crippen molar-refractivity contribution in [1.29, 1.82) is 0 Å². The highest BCUT2D eigenvalue weighted by molar-refractivity contribution is 8.15. The fourth-order valence-electron chi connectivity index (χ4n) is 2.58. The molecule has 0 saturated carbocycles. The van der Waals surface area contributed by atoms with E-state index < -0.39 is 11.2 Å². The molecule has 9 heteroatoms. The van der Waals surface area contributed by atoms with Crippen molar-refractivity contribution in [3.8, 4) is 5.75 Å². The van der Waals surface area contributed by atoms with Gasteiger partial charge in [0.1, 0.15) is 11.0 Å². The highest BCUT2D eigenvalue weighted by Crippen LogP contribution is 2.25. The molecule has 1 amide bonds. The molecule has 2 N–H and O–H groups in total. The first-order chi connectivity index (χ1) is 13.0. The molecule has 1 aliphatic rings. The van der Waals surface area contributed by atoms with Gasteiger partial charge >= 0.3 is 5.97 Å². The number of carboxylic acids is 1. The van der Waals surface area contributed by atoms with Gasteiger partial charge in [-0.1, -0.05) is 11.8 Å². The number of carbonyl (C=O) groups is 2. The number of amidine groups is 1. The van der Waals surface area contributed by atoms with Crippen LogP contribution in [0.25, 0.3) is 0 Å². The minimum Gasteiger partial charge on any atom is -0.493 e. The van der Waals surface area contributed by atoms with Gasteiger partial charge in [0, 0.05) is 30.4 Å². The number of benzene rings is 1. The minimum atomic E-state index is -1.03. The van der Waals surface area contributed by atoms with Crippen LogP contribution in [0.4, 0.5) is 5.69 Å². The van der Waals surface area contributed by atoms with Gasteiger partial charge in [-0.2, -0.15) is 5.10 Å². The fourth-order valence-corrected chi connectivity index (χ4v) is 3.50. The predicted molar refractivity (Wildman–Crippen MR) is 108 cm³/mol. The zero-order chi connectivity index (χ0) is 19.8. The quantitative estimate of drug-likeness (QED) is 0.494. The first-order valence-corrected chi connectivity index (χ1v) is 9.68. The highest BCUT2D eigenvalue weighted by Gasteiger charge is 2.32. The second-order valence-electron chi connectivity index (χ2n) is 5.67. The Kier molecular flexibility index (Phi) is 7.66. The Morgan fingerprint density at radius 3 is 2.74 bits per heavy atom. The van der Waals surface area contributed by atoms with Crippen molar-refractivity contribution in [2.45, 2.75) is 32.4 Å². The lowest BCUT2D eigenvalue weighted by molar-refractivity contribution is -0.138. The van der Waals surface area contributed by atoms with Gasteiger partial charge in [-0.05, 0) is 32.9 Å². The third kappa shape index (κ3) is 5.72. The maximum Gasteiger partial charge on any atom is 0.305 e. The van der Waals surface area contributed by atoms with Crippen molar-refractivity contribution in [3.05, 3.63) is 23.8 Å². The molecule has 1 saturated heterocycles. The number of nitrogens with one attached hydrogen (secondary N) is 1. The van der Waals surface area contributed by atoms with Crippen molar-refractivity contribution in [3.63, 3.8) is 0 Å². The largest absolute Gasteiger partial charge is 0.493 e. The molecule has 1 heterocycles. The Balaban J connectivity index is 2.14. The topological polar surface area (TPSA) is 104 Å². The Hall–Kier alpha value is -2.55. The number of rotatable bonds is 9. The van der Waals surface area contributed by atoms with Crippen molar-refractivity contribution in [2.24, 2.45) is 10.2 Å². The number of aliphatic carboxylic acids is 1. The van der Waals surface area contributed by atoms with E-state index in [0.717, 1.165) is 36.1 Å². The number of nitrogens with zero attached hydrogens (tertiary/aromatic N) is 3. The summed E-state index contributed by atoms with van der Waals surface area (Å²) in [4.78, 5) is 24.7. The molecule has 1 aromatic carbocycles. The van der Waals surface area contributed by atoms with E-state index >= 15 is 0 Å². The molecule has 0 radical (unpaired) electrons. The fraction of sp³-hybridized carbons (Fsp3) is 0.444. The highest BCUT2D eigenvalue weighted by atomic mass is 32.2. The monoisotopic (exact) mass is 392 g/mol. The van der Waals surface area contributed by atoms with Crippen LogP contribution in [0.5, 0.6) is 5.75 Å². The van der Waals surface area contributed by atoms with Gasteiger partial charge in [0.15, 0.2) is 5.17 Å². The first-order valence-electron chi connectivity index (χ1n) is 8.80. The van der Waals surface area contributed by atoms with E-state index in [1.807, 2.05) is 25.1 Å². The molecular weight excluding hydrogens is 368 g/mol. The van der Waals surface area contributed by atoms with Gasteiger partial charge in [-0.15, -0.1) is 5.10 Å². The van der Waals surface area contributed by atoms with E-state index in [9.17, 15) is 9.59 Å². The van der Waals surface area contributed by atoms with E-state index in [1.54, 1.807) is 6.21 Å². The third-order valence-corrected chi connectivity index (χ3v) is 4.98. The van der Waals surface area contributed by atoms with Crippen molar-refractivity contribution < 1.29 is 19.4 Å². The summed E-state index contributed by atoms with van der Waals surface area (Å²) in [5.41, 5.74) is 1.84. The standard InChI is InChI=1S/C18H24N4O4S/c1-4-22(5-2)13-8-7-12(14(9-13)26-6-3)11-19-21-18-20-17(25)15(27-18)10-16(23)24/h7-9,11,15H,4-6,10H2,1-3H3,(H,23,24)(H,20,21,25). The normalized spacial score (nSPS) is 18.1.